The van der Waals surface area contributed by atoms with E-state index in [0.717, 1.165) is 5.56 Å². The first-order valence-electron chi connectivity index (χ1n) is 12.1. The number of hydrogen-bond acceptors (Lipinski definition) is 7. The van der Waals surface area contributed by atoms with Crippen molar-refractivity contribution >= 4 is 29.6 Å². The molecular formula is C24H36N6O6. The summed E-state index contributed by atoms with van der Waals surface area (Å²) < 4.78 is 0. The number of hydrogen-bond donors (Lipinski definition) is 6. The van der Waals surface area contributed by atoms with Crippen molar-refractivity contribution in [2.45, 2.75) is 69.1 Å². The molecule has 0 aromatic heterocycles. The number of benzene rings is 1. The molecule has 1 aliphatic heterocycles. The molecule has 0 bridgehead atoms. The highest BCUT2D eigenvalue weighted by atomic mass is 16.4. The van der Waals surface area contributed by atoms with E-state index in [2.05, 4.69) is 10.6 Å². The van der Waals surface area contributed by atoms with E-state index in [-0.39, 0.29) is 13.0 Å². The van der Waals surface area contributed by atoms with Crippen LogP contribution in [0.2, 0.25) is 0 Å². The van der Waals surface area contributed by atoms with Crippen molar-refractivity contribution in [1.29, 1.82) is 0 Å². The Kier molecular flexibility index (Phi) is 11.3. The minimum atomic E-state index is -1.29. The second kappa shape index (κ2) is 14.1. The molecule has 4 amide bonds. The normalized spacial score (nSPS) is 17.6. The van der Waals surface area contributed by atoms with E-state index in [1.54, 1.807) is 30.3 Å². The molecule has 12 nitrogen and oxygen atoms in total. The van der Waals surface area contributed by atoms with Crippen LogP contribution in [-0.4, -0.2) is 76.9 Å². The van der Waals surface area contributed by atoms with E-state index < -0.39 is 60.2 Å². The first kappa shape index (κ1) is 28.7. The number of carbonyl (C=O) groups is 5. The van der Waals surface area contributed by atoms with Crippen LogP contribution >= 0.6 is 0 Å². The zero-order chi connectivity index (χ0) is 26.7. The summed E-state index contributed by atoms with van der Waals surface area (Å²) in [6, 6.07) is 4.53. The molecule has 1 aromatic rings. The molecule has 0 spiro atoms. The van der Waals surface area contributed by atoms with Gasteiger partial charge in [-0.05, 0) is 37.8 Å². The average Bonchev–Trinajstić information content (AvgIpc) is 3.33. The van der Waals surface area contributed by atoms with E-state index >= 15 is 0 Å². The van der Waals surface area contributed by atoms with E-state index in [9.17, 15) is 29.1 Å². The second-order valence-electron chi connectivity index (χ2n) is 8.90. The van der Waals surface area contributed by atoms with Crippen LogP contribution < -0.4 is 27.8 Å². The predicted octanol–water partition coefficient (Wildman–Crippen LogP) is -1.39. The third kappa shape index (κ3) is 8.61. The lowest BCUT2D eigenvalue weighted by molar-refractivity contribution is -0.145. The van der Waals surface area contributed by atoms with Gasteiger partial charge in [0.1, 0.15) is 18.1 Å². The predicted molar refractivity (Wildman–Crippen MR) is 131 cm³/mol. The number of nitrogens with one attached hydrogen (secondary N) is 2. The molecule has 1 heterocycles. The highest BCUT2D eigenvalue weighted by Crippen LogP contribution is 2.20. The van der Waals surface area contributed by atoms with Crippen LogP contribution in [0.5, 0.6) is 0 Å². The molecule has 4 atom stereocenters. The monoisotopic (exact) mass is 504 g/mol. The van der Waals surface area contributed by atoms with Gasteiger partial charge in [0.15, 0.2) is 0 Å². The average molecular weight is 505 g/mol. The fourth-order valence-corrected chi connectivity index (χ4v) is 4.14. The Bertz CT molecular complexity index is 927. The van der Waals surface area contributed by atoms with Gasteiger partial charge in [-0.1, -0.05) is 36.8 Å². The maximum absolute atomic E-state index is 13.3. The molecule has 2 rings (SSSR count). The number of carboxylic acids is 1. The molecule has 198 valence electrons. The van der Waals surface area contributed by atoms with Crippen LogP contribution in [0.1, 0.15) is 44.1 Å². The van der Waals surface area contributed by atoms with Gasteiger partial charge >= 0.3 is 5.97 Å². The van der Waals surface area contributed by atoms with Crippen molar-refractivity contribution in [3.8, 4) is 0 Å². The minimum Gasteiger partial charge on any atom is -0.480 e. The summed E-state index contributed by atoms with van der Waals surface area (Å²) >= 11 is 0. The maximum atomic E-state index is 13.3. The topological polar surface area (TPSA) is 211 Å². The number of unbranched alkanes of at least 4 members (excludes halogenated alkanes) is 1. The summed E-state index contributed by atoms with van der Waals surface area (Å²) in [5, 5.41) is 14.6. The number of nitrogens with two attached hydrogens (primary N) is 3. The lowest BCUT2D eigenvalue weighted by Gasteiger charge is -2.29. The number of rotatable bonds is 14. The second-order valence-corrected chi connectivity index (χ2v) is 8.90. The van der Waals surface area contributed by atoms with Gasteiger partial charge in [-0.3, -0.25) is 19.2 Å². The molecule has 36 heavy (non-hydrogen) atoms. The Hall–Kier alpha value is -3.51. The summed E-state index contributed by atoms with van der Waals surface area (Å²) in [5.74, 6) is -3.89. The molecule has 1 aromatic carbocycles. The van der Waals surface area contributed by atoms with Gasteiger partial charge in [0.05, 0.1) is 12.5 Å². The van der Waals surface area contributed by atoms with Crippen LogP contribution in [0.15, 0.2) is 30.3 Å². The zero-order valence-corrected chi connectivity index (χ0v) is 20.2. The van der Waals surface area contributed by atoms with Gasteiger partial charge in [-0.25, -0.2) is 4.79 Å². The van der Waals surface area contributed by atoms with Gasteiger partial charge < -0.3 is 37.8 Å². The number of aliphatic carboxylic acids is 1. The van der Waals surface area contributed by atoms with E-state index in [0.29, 0.717) is 38.6 Å². The first-order chi connectivity index (χ1) is 17.1. The minimum absolute atomic E-state index is 0.0744. The molecule has 0 radical (unpaired) electrons. The highest BCUT2D eigenvalue weighted by Gasteiger charge is 2.39. The molecule has 1 fully saturated rings. The Balaban J connectivity index is 2.09. The largest absolute Gasteiger partial charge is 0.480 e. The maximum Gasteiger partial charge on any atom is 0.326 e. The lowest BCUT2D eigenvalue weighted by Crippen LogP contribution is -2.57. The Morgan fingerprint density at radius 1 is 1.06 bits per heavy atom. The van der Waals surface area contributed by atoms with Crippen molar-refractivity contribution in [2.75, 3.05) is 13.1 Å². The van der Waals surface area contributed by atoms with Crippen LogP contribution in [0.3, 0.4) is 0 Å². The SMILES string of the molecule is NCCCCC(N)C(=O)NC(CC(N)=O)C(=O)N1CCCC1C(=O)NC(Cc1ccccc1)C(=O)O. The first-order valence-corrected chi connectivity index (χ1v) is 12.1. The molecule has 0 saturated carbocycles. The number of likely N-dealkylation sites (tertiary alicyclic amines) is 1. The summed E-state index contributed by atoms with van der Waals surface area (Å²) in [6.07, 6.45) is 2.09. The Morgan fingerprint density at radius 3 is 2.36 bits per heavy atom. The van der Waals surface area contributed by atoms with Gasteiger partial charge in [0.25, 0.3) is 0 Å². The molecule has 4 unspecified atom stereocenters. The van der Waals surface area contributed by atoms with Gasteiger partial charge in [0, 0.05) is 13.0 Å². The lowest BCUT2D eigenvalue weighted by atomic mass is 10.0. The van der Waals surface area contributed by atoms with Gasteiger partial charge in [-0.2, -0.15) is 0 Å². The van der Waals surface area contributed by atoms with E-state index in [1.165, 1.54) is 4.90 Å². The fourth-order valence-electron chi connectivity index (χ4n) is 4.14. The Morgan fingerprint density at radius 2 is 1.75 bits per heavy atom. The number of amides is 4. The number of carboxylic acid groups (broad SMARTS) is 1. The smallest absolute Gasteiger partial charge is 0.326 e. The van der Waals surface area contributed by atoms with Crippen LogP contribution in [-0.2, 0) is 30.4 Å². The molecular weight excluding hydrogens is 468 g/mol. The van der Waals surface area contributed by atoms with E-state index in [1.807, 2.05) is 0 Å². The van der Waals surface area contributed by atoms with E-state index in [4.69, 9.17) is 17.2 Å². The molecule has 1 aliphatic rings. The molecule has 12 heteroatoms. The van der Waals surface area contributed by atoms with Crippen LogP contribution in [0.4, 0.5) is 0 Å². The summed E-state index contributed by atoms with van der Waals surface area (Å²) in [6.45, 7) is 0.671. The molecule has 0 aliphatic carbocycles. The van der Waals surface area contributed by atoms with Crippen LogP contribution in [0, 0.1) is 0 Å². The zero-order valence-electron chi connectivity index (χ0n) is 20.2. The molecule has 9 N–H and O–H groups in total. The number of carbonyl (C=O) groups excluding carboxylic acids is 4. The summed E-state index contributed by atoms with van der Waals surface area (Å²) in [5.41, 5.74) is 17.4. The third-order valence-electron chi connectivity index (χ3n) is 6.06. The standard InChI is InChI=1S/C24H36N6O6/c25-11-5-4-9-16(26)21(32)28-17(14-20(27)31)23(34)30-12-6-10-19(30)22(33)29-18(24(35)36)13-15-7-2-1-3-8-15/h1-3,7-8,16-19H,4-6,9-14,25-26H2,(H2,27,31)(H,28,32)(H,29,33)(H,35,36). The quantitative estimate of drug-likeness (QED) is 0.166. The third-order valence-corrected chi connectivity index (χ3v) is 6.06. The van der Waals surface area contributed by atoms with Crippen LogP contribution in [0.25, 0.3) is 0 Å². The Labute approximate surface area is 209 Å². The summed E-state index contributed by atoms with van der Waals surface area (Å²) in [7, 11) is 0. The fraction of sp³-hybridized carbons (Fsp3) is 0.542. The van der Waals surface area contributed by atoms with Gasteiger partial charge in [0.2, 0.25) is 23.6 Å². The number of primary amides is 1. The van der Waals surface area contributed by atoms with Gasteiger partial charge in [-0.15, -0.1) is 0 Å². The highest BCUT2D eigenvalue weighted by molar-refractivity contribution is 5.96. The van der Waals surface area contributed by atoms with Crippen molar-refractivity contribution in [3.05, 3.63) is 35.9 Å². The number of nitrogens with zero attached hydrogens (tertiary/aromatic N) is 1. The van der Waals surface area contributed by atoms with Crippen molar-refractivity contribution in [2.24, 2.45) is 17.2 Å². The van der Waals surface area contributed by atoms with Crippen molar-refractivity contribution in [1.82, 2.24) is 15.5 Å². The molecule has 1 saturated heterocycles. The summed E-state index contributed by atoms with van der Waals surface area (Å²) in [4.78, 5) is 63.4. The van der Waals surface area contributed by atoms with Crippen molar-refractivity contribution in [3.63, 3.8) is 0 Å². The van der Waals surface area contributed by atoms with Crippen molar-refractivity contribution < 1.29 is 29.1 Å².